The van der Waals surface area contributed by atoms with E-state index in [9.17, 15) is 4.79 Å². The minimum Gasteiger partial charge on any atom is -0.334 e. The largest absolute Gasteiger partial charge is 0.334 e. The van der Waals surface area contributed by atoms with E-state index in [0.29, 0.717) is 6.54 Å². The van der Waals surface area contributed by atoms with Crippen molar-refractivity contribution in [3.63, 3.8) is 0 Å². The lowest BCUT2D eigenvalue weighted by Crippen LogP contribution is -2.28. The van der Waals surface area contributed by atoms with E-state index in [0.717, 1.165) is 34.7 Å². The number of nitrogens with one attached hydrogen (secondary N) is 2. The Morgan fingerprint density at radius 3 is 2.31 bits per heavy atom. The quantitative estimate of drug-likeness (QED) is 0.552. The Balaban J connectivity index is 1.52. The summed E-state index contributed by atoms with van der Waals surface area (Å²) in [4.78, 5) is 12.0. The van der Waals surface area contributed by atoms with Crippen LogP contribution in [0.3, 0.4) is 0 Å². The number of carbonyl (C=O) groups excluding carboxylic acids is 1. The zero-order valence-corrected chi connectivity index (χ0v) is 16.9. The first kappa shape index (κ1) is 18.4. The van der Waals surface area contributed by atoms with Gasteiger partial charge in [0.1, 0.15) is 0 Å². The highest BCUT2D eigenvalue weighted by atomic mass is 127. The summed E-state index contributed by atoms with van der Waals surface area (Å²) in [5.41, 5.74) is 5.13. The third-order valence-electron chi connectivity index (χ3n) is 4.01. The maximum absolute atomic E-state index is 12.0. The zero-order chi connectivity index (χ0) is 18.5. The van der Waals surface area contributed by atoms with Crippen LogP contribution in [0.15, 0.2) is 54.6 Å². The Hall–Kier alpha value is -2.35. The predicted molar refractivity (Wildman–Crippen MR) is 112 cm³/mol. The van der Waals surface area contributed by atoms with Gasteiger partial charge in [-0.3, -0.25) is 4.68 Å². The Morgan fingerprint density at radius 2 is 1.69 bits per heavy atom. The number of aromatic nitrogens is 2. The third kappa shape index (κ3) is 5.08. The van der Waals surface area contributed by atoms with Crippen molar-refractivity contribution in [2.24, 2.45) is 0 Å². The SMILES string of the molecule is Cc1cc(C)n(Cc2ccc(NC(=O)NCc3ccc(I)cc3)cc2)n1. The van der Waals surface area contributed by atoms with E-state index >= 15 is 0 Å². The van der Waals surface area contributed by atoms with E-state index in [1.54, 1.807) is 0 Å². The molecule has 0 aliphatic carbocycles. The summed E-state index contributed by atoms with van der Waals surface area (Å²) >= 11 is 2.26. The van der Waals surface area contributed by atoms with Crippen LogP contribution >= 0.6 is 22.6 Å². The summed E-state index contributed by atoms with van der Waals surface area (Å²) in [7, 11) is 0. The van der Waals surface area contributed by atoms with Crippen LogP contribution in [0.1, 0.15) is 22.5 Å². The average Bonchev–Trinajstić information content (AvgIpc) is 2.93. The molecule has 0 unspecified atom stereocenters. The molecule has 0 aliphatic heterocycles. The van der Waals surface area contributed by atoms with Crippen LogP contribution in [-0.4, -0.2) is 15.8 Å². The summed E-state index contributed by atoms with van der Waals surface area (Å²) in [6.45, 7) is 5.26. The molecule has 1 aromatic heterocycles. The molecule has 0 bridgehead atoms. The summed E-state index contributed by atoms with van der Waals surface area (Å²) in [6.07, 6.45) is 0. The maximum Gasteiger partial charge on any atom is 0.319 e. The van der Waals surface area contributed by atoms with Gasteiger partial charge in [0.15, 0.2) is 0 Å². The summed E-state index contributed by atoms with van der Waals surface area (Å²) in [5.74, 6) is 0. The zero-order valence-electron chi connectivity index (χ0n) is 14.8. The summed E-state index contributed by atoms with van der Waals surface area (Å²) in [5, 5.41) is 10.2. The molecule has 2 aromatic carbocycles. The van der Waals surface area contributed by atoms with Crippen LogP contribution in [0.4, 0.5) is 10.5 Å². The molecule has 6 heteroatoms. The molecule has 0 aliphatic rings. The maximum atomic E-state index is 12.0. The van der Waals surface area contributed by atoms with Crippen LogP contribution < -0.4 is 10.6 Å². The van der Waals surface area contributed by atoms with Gasteiger partial charge < -0.3 is 10.6 Å². The molecule has 0 atom stereocenters. The second kappa shape index (κ2) is 8.35. The fraction of sp³-hybridized carbons (Fsp3) is 0.200. The number of carbonyl (C=O) groups is 1. The molecule has 0 radical (unpaired) electrons. The Kier molecular flexibility index (Phi) is 5.92. The van der Waals surface area contributed by atoms with Gasteiger partial charge in [-0.05, 0) is 77.9 Å². The molecular weight excluding hydrogens is 439 g/mol. The molecule has 2 N–H and O–H groups in total. The lowest BCUT2D eigenvalue weighted by Gasteiger charge is -2.09. The second-order valence-electron chi connectivity index (χ2n) is 6.22. The van der Waals surface area contributed by atoms with Crippen LogP contribution in [0.25, 0.3) is 0 Å². The molecule has 26 heavy (non-hydrogen) atoms. The summed E-state index contributed by atoms with van der Waals surface area (Å²) in [6, 6.07) is 17.7. The molecule has 3 rings (SSSR count). The van der Waals surface area contributed by atoms with Crippen molar-refractivity contribution >= 4 is 34.3 Å². The van der Waals surface area contributed by atoms with Gasteiger partial charge in [-0.2, -0.15) is 5.10 Å². The van der Waals surface area contributed by atoms with Crippen LogP contribution in [-0.2, 0) is 13.1 Å². The van der Waals surface area contributed by atoms with Gasteiger partial charge in [0.25, 0.3) is 0 Å². The van der Waals surface area contributed by atoms with E-state index < -0.39 is 0 Å². The molecule has 0 fully saturated rings. The molecule has 5 nitrogen and oxygen atoms in total. The van der Waals surface area contributed by atoms with Crippen LogP contribution in [0.2, 0.25) is 0 Å². The first-order chi connectivity index (χ1) is 12.5. The van der Waals surface area contributed by atoms with E-state index in [1.165, 1.54) is 3.57 Å². The number of aryl methyl sites for hydroxylation is 2. The topological polar surface area (TPSA) is 59.0 Å². The van der Waals surface area contributed by atoms with Crippen molar-refractivity contribution in [3.05, 3.63) is 80.7 Å². The highest BCUT2D eigenvalue weighted by Crippen LogP contribution is 2.12. The molecule has 3 aromatic rings. The minimum atomic E-state index is -0.213. The Bertz CT molecular complexity index is 885. The smallest absolute Gasteiger partial charge is 0.319 e. The van der Waals surface area contributed by atoms with Crippen molar-refractivity contribution in [3.8, 4) is 0 Å². The highest BCUT2D eigenvalue weighted by molar-refractivity contribution is 14.1. The van der Waals surface area contributed by atoms with Gasteiger partial charge in [-0.15, -0.1) is 0 Å². The van der Waals surface area contributed by atoms with Crippen molar-refractivity contribution in [1.29, 1.82) is 0 Å². The number of nitrogens with zero attached hydrogens (tertiary/aromatic N) is 2. The number of halogens is 1. The number of urea groups is 1. The number of amides is 2. The molecular formula is C20H21IN4O. The van der Waals surface area contributed by atoms with Gasteiger partial charge in [0.05, 0.1) is 12.2 Å². The molecule has 0 saturated heterocycles. The Labute approximate surface area is 167 Å². The first-order valence-corrected chi connectivity index (χ1v) is 9.47. The fourth-order valence-corrected chi connectivity index (χ4v) is 3.02. The van der Waals surface area contributed by atoms with Crippen LogP contribution in [0.5, 0.6) is 0 Å². The van der Waals surface area contributed by atoms with E-state index in [4.69, 9.17) is 0 Å². The van der Waals surface area contributed by atoms with Gasteiger partial charge in [-0.1, -0.05) is 24.3 Å². The van der Waals surface area contributed by atoms with E-state index in [-0.39, 0.29) is 6.03 Å². The number of hydrogen-bond donors (Lipinski definition) is 2. The number of anilines is 1. The predicted octanol–water partition coefficient (Wildman–Crippen LogP) is 4.47. The highest BCUT2D eigenvalue weighted by Gasteiger charge is 2.04. The average molecular weight is 460 g/mol. The van der Waals surface area contributed by atoms with Crippen molar-refractivity contribution < 1.29 is 4.79 Å². The monoisotopic (exact) mass is 460 g/mol. The number of rotatable bonds is 5. The molecule has 134 valence electrons. The van der Waals surface area contributed by atoms with Gasteiger partial charge >= 0.3 is 6.03 Å². The Morgan fingerprint density at radius 1 is 1.04 bits per heavy atom. The van der Waals surface area contributed by atoms with Gasteiger partial charge in [-0.25, -0.2) is 4.79 Å². The summed E-state index contributed by atoms with van der Waals surface area (Å²) < 4.78 is 3.15. The number of hydrogen-bond acceptors (Lipinski definition) is 2. The lowest BCUT2D eigenvalue weighted by molar-refractivity contribution is 0.251. The molecule has 0 spiro atoms. The first-order valence-electron chi connectivity index (χ1n) is 8.39. The molecule has 2 amide bonds. The van der Waals surface area contributed by atoms with E-state index in [1.807, 2.05) is 67.1 Å². The fourth-order valence-electron chi connectivity index (χ4n) is 2.66. The van der Waals surface area contributed by atoms with Crippen molar-refractivity contribution in [1.82, 2.24) is 15.1 Å². The normalized spacial score (nSPS) is 10.6. The van der Waals surface area contributed by atoms with Gasteiger partial charge in [0.2, 0.25) is 0 Å². The van der Waals surface area contributed by atoms with Gasteiger partial charge in [0, 0.05) is 21.5 Å². The van der Waals surface area contributed by atoms with Crippen molar-refractivity contribution in [2.45, 2.75) is 26.9 Å². The minimum absolute atomic E-state index is 0.213. The third-order valence-corrected chi connectivity index (χ3v) is 4.73. The van der Waals surface area contributed by atoms with Crippen molar-refractivity contribution in [2.75, 3.05) is 5.32 Å². The lowest BCUT2D eigenvalue weighted by atomic mass is 10.2. The number of benzene rings is 2. The van der Waals surface area contributed by atoms with E-state index in [2.05, 4.69) is 44.4 Å². The second-order valence-corrected chi connectivity index (χ2v) is 7.46. The molecule has 0 saturated carbocycles. The molecule has 1 heterocycles. The van der Waals surface area contributed by atoms with Crippen LogP contribution in [0, 0.1) is 17.4 Å². The standard InChI is InChI=1S/C20H21IN4O/c1-14-11-15(2)25(24-14)13-17-5-9-19(10-6-17)23-20(26)22-12-16-3-7-18(21)8-4-16/h3-11H,12-13H2,1-2H3,(H2,22,23,26).